The minimum Gasteiger partial charge on any atom is -0.493 e. The molecule has 1 fully saturated rings. The highest BCUT2D eigenvalue weighted by molar-refractivity contribution is 7.84. The molecule has 2 N–H and O–H groups in total. The molecule has 3 aliphatic carbocycles. The summed E-state index contributed by atoms with van der Waals surface area (Å²) in [7, 11) is 0.780. The third-order valence-electron chi connectivity index (χ3n) is 12.1. The molecule has 2 heterocycles. The molecule has 11 heteroatoms. The first-order valence-corrected chi connectivity index (χ1v) is 20.9. The van der Waals surface area contributed by atoms with E-state index in [0.29, 0.717) is 60.1 Å². The van der Waals surface area contributed by atoms with Crippen LogP contribution in [0.1, 0.15) is 92.8 Å². The van der Waals surface area contributed by atoms with E-state index in [1.54, 1.807) is 23.0 Å². The van der Waals surface area contributed by atoms with Crippen molar-refractivity contribution in [3.8, 4) is 11.5 Å². The molecular weight excluding hydrogens is 708 g/mol. The van der Waals surface area contributed by atoms with Gasteiger partial charge in [0.2, 0.25) is 0 Å². The Hall–Kier alpha value is -3.89. The number of carbonyl (C=O) groups is 1. The zero-order valence-corrected chi connectivity index (χ0v) is 32.6. The molecule has 1 spiro atoms. The zero-order valence-electron chi connectivity index (χ0n) is 31.0. The normalized spacial score (nSPS) is 24.6. The molecule has 3 aliphatic rings. The summed E-state index contributed by atoms with van der Waals surface area (Å²) in [6.45, 7) is 5.51. The second-order valence-electron chi connectivity index (χ2n) is 15.6. The van der Waals surface area contributed by atoms with E-state index in [-0.39, 0.29) is 11.3 Å². The van der Waals surface area contributed by atoms with E-state index >= 15 is 0 Å². The lowest BCUT2D eigenvalue weighted by atomic mass is 9.59. The number of fused-ring (bicyclic) bond motifs is 3. The fourth-order valence-electron chi connectivity index (χ4n) is 9.20. The molecule has 2 unspecified atom stereocenters. The Bertz CT molecular complexity index is 1960. The predicted octanol–water partition coefficient (Wildman–Crippen LogP) is 8.26. The molecule has 4 atom stereocenters. The lowest BCUT2D eigenvalue weighted by Crippen LogP contribution is -2.53. The van der Waals surface area contributed by atoms with Gasteiger partial charge in [-0.1, -0.05) is 37.6 Å². The Morgan fingerprint density at radius 3 is 2.70 bits per heavy atom. The van der Waals surface area contributed by atoms with Crippen molar-refractivity contribution < 1.29 is 23.6 Å². The van der Waals surface area contributed by atoms with Gasteiger partial charge in [-0.3, -0.25) is 13.9 Å². The largest absolute Gasteiger partial charge is 0.493 e. The number of carboxylic acid groups (broad SMARTS) is 1. The van der Waals surface area contributed by atoms with Crippen LogP contribution in [0.25, 0.3) is 0 Å². The lowest BCUT2D eigenvalue weighted by molar-refractivity contribution is -0.144. The van der Waals surface area contributed by atoms with E-state index in [0.717, 1.165) is 55.7 Å². The molecule has 0 radical (unpaired) electrons. The topological polar surface area (TPSA) is 116 Å². The zero-order chi connectivity index (χ0) is 37.2. The Kier molecular flexibility index (Phi) is 11.2. The second-order valence-corrected chi connectivity index (χ2v) is 17.6. The monoisotopic (exact) mass is 758 g/mol. The number of aliphatic carboxylic acids is 1. The van der Waals surface area contributed by atoms with Crippen LogP contribution in [-0.2, 0) is 46.7 Å². The molecule has 0 amide bonds. The Morgan fingerprint density at radius 2 is 1.94 bits per heavy atom. The number of benzene rings is 2. The molecule has 1 saturated carbocycles. The van der Waals surface area contributed by atoms with Gasteiger partial charge in [-0.25, -0.2) is 4.79 Å². The summed E-state index contributed by atoms with van der Waals surface area (Å²) in [5, 5.41) is 18.8. The number of carboxylic acids is 1. The molecular formula is C42H51ClN4O5S. The first-order chi connectivity index (χ1) is 25.5. The van der Waals surface area contributed by atoms with Gasteiger partial charge in [0, 0.05) is 52.2 Å². The summed E-state index contributed by atoms with van der Waals surface area (Å²) in [5.41, 5.74) is 5.37. The quantitative estimate of drug-likeness (QED) is 0.132. The average Bonchev–Trinajstić information content (AvgIpc) is 3.67. The van der Waals surface area contributed by atoms with E-state index in [1.807, 2.05) is 43.6 Å². The minimum atomic E-state index is -1.10. The highest BCUT2D eigenvalue weighted by atomic mass is 35.5. The molecule has 282 valence electrons. The number of anilines is 1. The SMILES string of the molecule is C[C@@H](COc1ccnc2c1[C@H](C)CCC2)CC1Cc2ccc(OCCS(=O)Cc3ccnn3C)cc2C12CCC(Nc1cccc(Cl)c1)(C(=O)O)CC2. The first-order valence-electron chi connectivity index (χ1n) is 19.0. The number of hydrogen-bond acceptors (Lipinski definition) is 7. The molecule has 0 aliphatic heterocycles. The number of rotatable bonds is 14. The van der Waals surface area contributed by atoms with E-state index in [4.69, 9.17) is 21.1 Å². The van der Waals surface area contributed by atoms with Crippen LogP contribution in [0.4, 0.5) is 5.69 Å². The number of halogens is 1. The number of aromatic nitrogens is 3. The van der Waals surface area contributed by atoms with Crippen LogP contribution in [0.5, 0.6) is 11.5 Å². The summed E-state index contributed by atoms with van der Waals surface area (Å²) >= 11 is 6.29. The molecule has 2 aromatic carbocycles. The molecule has 9 nitrogen and oxygen atoms in total. The smallest absolute Gasteiger partial charge is 0.329 e. The van der Waals surface area contributed by atoms with Gasteiger partial charge in [-0.2, -0.15) is 5.10 Å². The summed E-state index contributed by atoms with van der Waals surface area (Å²) in [6, 6.07) is 17.6. The van der Waals surface area contributed by atoms with Crippen molar-refractivity contribution in [3.05, 3.63) is 100 Å². The van der Waals surface area contributed by atoms with Crippen molar-refractivity contribution in [2.75, 3.05) is 24.3 Å². The highest BCUT2D eigenvalue weighted by Crippen LogP contribution is 2.57. The van der Waals surface area contributed by atoms with Crippen molar-refractivity contribution >= 4 is 34.1 Å². The van der Waals surface area contributed by atoms with Gasteiger partial charge in [0.25, 0.3) is 0 Å². The van der Waals surface area contributed by atoms with Crippen LogP contribution < -0.4 is 14.8 Å². The van der Waals surface area contributed by atoms with Crippen LogP contribution in [0, 0.1) is 11.8 Å². The van der Waals surface area contributed by atoms with E-state index in [9.17, 15) is 14.1 Å². The molecule has 0 saturated heterocycles. The third kappa shape index (κ3) is 8.00. The van der Waals surface area contributed by atoms with Crippen LogP contribution in [0.3, 0.4) is 0 Å². The highest BCUT2D eigenvalue weighted by Gasteiger charge is 2.54. The van der Waals surface area contributed by atoms with Gasteiger partial charge < -0.3 is 19.9 Å². The van der Waals surface area contributed by atoms with E-state index < -0.39 is 22.3 Å². The Labute approximate surface area is 320 Å². The number of pyridine rings is 1. The Balaban J connectivity index is 1.09. The predicted molar refractivity (Wildman–Crippen MR) is 210 cm³/mol. The molecule has 2 aromatic heterocycles. The maximum atomic E-state index is 13.0. The fourth-order valence-corrected chi connectivity index (χ4v) is 10.4. The summed E-state index contributed by atoms with van der Waals surface area (Å²) in [5.74, 6) is 2.81. The summed E-state index contributed by atoms with van der Waals surface area (Å²) in [4.78, 5) is 17.7. The summed E-state index contributed by atoms with van der Waals surface area (Å²) < 4.78 is 27.4. The van der Waals surface area contributed by atoms with Gasteiger partial charge in [0.15, 0.2) is 0 Å². The Morgan fingerprint density at radius 1 is 1.11 bits per heavy atom. The maximum absolute atomic E-state index is 13.0. The van der Waals surface area contributed by atoms with Gasteiger partial charge in [-0.15, -0.1) is 0 Å². The van der Waals surface area contributed by atoms with Gasteiger partial charge >= 0.3 is 5.97 Å². The van der Waals surface area contributed by atoms with Gasteiger partial charge in [-0.05, 0) is 135 Å². The molecule has 0 bridgehead atoms. The van der Waals surface area contributed by atoms with Crippen molar-refractivity contribution in [1.29, 1.82) is 0 Å². The van der Waals surface area contributed by atoms with Crippen LogP contribution in [0.2, 0.25) is 5.02 Å². The van der Waals surface area contributed by atoms with Crippen molar-refractivity contribution in [2.24, 2.45) is 18.9 Å². The van der Waals surface area contributed by atoms with Gasteiger partial charge in [0.05, 0.1) is 30.4 Å². The van der Waals surface area contributed by atoms with Crippen LogP contribution >= 0.6 is 11.6 Å². The lowest BCUT2D eigenvalue weighted by Gasteiger charge is -2.47. The number of ether oxygens (including phenoxy) is 2. The first kappa shape index (κ1) is 37.4. The number of aryl methyl sites for hydroxylation is 2. The van der Waals surface area contributed by atoms with E-state index in [2.05, 4.69) is 41.4 Å². The maximum Gasteiger partial charge on any atom is 0.329 e. The average molecular weight is 759 g/mol. The van der Waals surface area contributed by atoms with Crippen molar-refractivity contribution in [3.63, 3.8) is 0 Å². The molecule has 7 rings (SSSR count). The molecule has 4 aromatic rings. The van der Waals surface area contributed by atoms with Crippen molar-refractivity contribution in [2.45, 2.75) is 94.3 Å². The second kappa shape index (κ2) is 15.8. The van der Waals surface area contributed by atoms with Crippen molar-refractivity contribution in [1.82, 2.24) is 14.8 Å². The summed E-state index contributed by atoms with van der Waals surface area (Å²) in [6.07, 6.45) is 11.2. The van der Waals surface area contributed by atoms with Crippen LogP contribution in [0.15, 0.2) is 67.0 Å². The number of nitrogens with zero attached hydrogens (tertiary/aromatic N) is 3. The van der Waals surface area contributed by atoms with Gasteiger partial charge in [0.1, 0.15) is 17.0 Å². The molecule has 53 heavy (non-hydrogen) atoms. The number of hydrogen-bond donors (Lipinski definition) is 2. The van der Waals surface area contributed by atoms with E-state index in [1.165, 1.54) is 28.8 Å². The number of nitrogens with one attached hydrogen (secondary N) is 1. The standard InChI is InChI=1S/C42H51ClN4O5S/c1-28(26-52-38-13-18-44-37-9-4-6-29(2)39(37)38)22-31-23-30-10-11-35(51-20-21-53(50)27-34-12-19-45-47(34)3)25-36(30)41(31)14-16-42(17-15-41,40(48)49)46-33-8-5-7-32(43)24-33/h5,7-8,10-13,18-19,24-25,28-29,31,46H,4,6,9,14-17,20-23,26-27H2,1-3H3,(H,48,49)/t28-,29-,31?,41?,42?,53?/m1/s1. The van der Waals surface area contributed by atoms with Crippen LogP contribution in [-0.4, -0.2) is 54.6 Å². The third-order valence-corrected chi connectivity index (χ3v) is 13.6. The minimum absolute atomic E-state index is 0.204. The fraction of sp³-hybridized carbons (Fsp3) is 0.500.